The third-order valence-corrected chi connectivity index (χ3v) is 3.68. The molecule has 0 unspecified atom stereocenters. The van der Waals surface area contributed by atoms with Gasteiger partial charge in [-0.15, -0.1) is 94.1 Å². The third-order valence-electron chi connectivity index (χ3n) is 3.68. The van der Waals surface area contributed by atoms with E-state index in [1.165, 1.54) is 33.4 Å². The summed E-state index contributed by atoms with van der Waals surface area (Å²) in [5, 5.41) is 0. The largest absolute Gasteiger partial charge is 4.00 e. The van der Waals surface area contributed by atoms with Crippen LogP contribution in [-0.2, 0) is 39.0 Å². The van der Waals surface area contributed by atoms with Crippen molar-refractivity contribution in [1.82, 2.24) is 0 Å². The summed E-state index contributed by atoms with van der Waals surface area (Å²) in [5.41, 5.74) is 8.27. The van der Waals surface area contributed by atoms with Crippen LogP contribution in [0.1, 0.15) is 36.1 Å². The molecule has 2 aromatic rings. The van der Waals surface area contributed by atoms with Gasteiger partial charge in [0.05, 0.1) is 0 Å². The van der Waals surface area contributed by atoms with Crippen LogP contribution in [0.4, 0.5) is 0 Å². The smallest absolute Gasteiger partial charge is 1.00 e. The van der Waals surface area contributed by atoms with E-state index in [1.54, 1.807) is 0 Å². The molecule has 0 aromatic heterocycles. The van der Waals surface area contributed by atoms with Gasteiger partial charge < -0.3 is 24.8 Å². The van der Waals surface area contributed by atoms with Gasteiger partial charge in [-0.2, -0.15) is 0 Å². The minimum Gasteiger partial charge on any atom is -1.00 e. The van der Waals surface area contributed by atoms with Crippen molar-refractivity contribution in [3.63, 3.8) is 0 Å². The number of fused-ring (bicyclic) bond motifs is 2. The number of benzene rings is 2. The van der Waals surface area contributed by atoms with E-state index < -0.39 is 0 Å². The Labute approximate surface area is 193 Å². The van der Waals surface area contributed by atoms with E-state index in [2.05, 4.69) is 63.4 Å². The summed E-state index contributed by atoms with van der Waals surface area (Å²) in [4.78, 5) is 0. The average molecular weight is 480 g/mol. The van der Waals surface area contributed by atoms with E-state index in [1.807, 2.05) is 24.3 Å². The molecule has 4 rings (SSSR count). The molecule has 0 bridgehead atoms. The van der Waals surface area contributed by atoms with Crippen molar-refractivity contribution in [2.75, 3.05) is 0 Å². The van der Waals surface area contributed by atoms with Crippen LogP contribution in [0.15, 0.2) is 47.5 Å². The van der Waals surface area contributed by atoms with Gasteiger partial charge >= 0.3 is 26.2 Å². The summed E-state index contributed by atoms with van der Waals surface area (Å²) in [6.07, 6.45) is 6.64. The molecule has 0 N–H and O–H groups in total. The first-order valence-electron chi connectivity index (χ1n) is 8.21. The first-order chi connectivity index (χ1) is 11.1. The van der Waals surface area contributed by atoms with Crippen LogP contribution >= 0.6 is 0 Å². The first-order valence-corrected chi connectivity index (χ1v) is 10.5. The molecule has 26 heavy (non-hydrogen) atoms. The van der Waals surface area contributed by atoms with E-state index in [9.17, 15) is 0 Å². The SMILES string of the molecule is CC1=Cc2[c-]cccc2C1.CC1=Cc2[c-]cccc2C1.C[SiH]C.[Cl-].[Cl-].[Zr+4]. The molecule has 2 aliphatic rings. The van der Waals surface area contributed by atoms with Crippen molar-refractivity contribution in [1.29, 1.82) is 0 Å². The molecular formula is C22H25Cl2SiZr. The normalized spacial score (nSPS) is 12.0. The first kappa shape index (κ1) is 27.8. The molecule has 0 atom stereocenters. The second-order valence-corrected chi connectivity index (χ2v) is 7.29. The number of hydrogen-bond donors (Lipinski definition) is 0. The minimum absolute atomic E-state index is 0. The quantitative estimate of drug-likeness (QED) is 0.350. The van der Waals surface area contributed by atoms with Crippen LogP contribution in [-0.4, -0.2) is 9.52 Å². The number of rotatable bonds is 0. The van der Waals surface area contributed by atoms with Gasteiger partial charge in [0, 0.05) is 9.52 Å². The zero-order valence-electron chi connectivity index (χ0n) is 15.9. The summed E-state index contributed by atoms with van der Waals surface area (Å²) in [7, 11) is 0.750. The molecule has 0 fully saturated rings. The molecular weight excluding hydrogens is 454 g/mol. The molecule has 2 aromatic carbocycles. The van der Waals surface area contributed by atoms with Crippen LogP contribution < -0.4 is 24.8 Å². The topological polar surface area (TPSA) is 0 Å². The van der Waals surface area contributed by atoms with Crippen LogP contribution in [0, 0.1) is 12.1 Å². The van der Waals surface area contributed by atoms with Crippen LogP contribution in [0.5, 0.6) is 0 Å². The maximum atomic E-state index is 3.20. The van der Waals surface area contributed by atoms with Crippen molar-refractivity contribution >= 4 is 21.7 Å². The summed E-state index contributed by atoms with van der Waals surface area (Å²) in [6, 6.07) is 18.8. The number of hydrogen-bond acceptors (Lipinski definition) is 0. The summed E-state index contributed by atoms with van der Waals surface area (Å²) in [5.74, 6) is 0. The summed E-state index contributed by atoms with van der Waals surface area (Å²) < 4.78 is 0. The standard InChI is InChI=1S/2C10H9.C2H7Si.2ClH.Zr/c2*1-8-6-9-4-2-3-5-10(9)7-8;1-3-2;;;/h2*2-4,7H,6H2,1H3;3H,1-2H3;2*1H;/q2*-1;;;;+4/p-2. The van der Waals surface area contributed by atoms with Gasteiger partial charge in [0.15, 0.2) is 0 Å². The van der Waals surface area contributed by atoms with E-state index in [0.717, 1.165) is 22.4 Å². The van der Waals surface area contributed by atoms with Crippen LogP contribution in [0.2, 0.25) is 13.1 Å². The molecule has 4 heteroatoms. The van der Waals surface area contributed by atoms with Gasteiger partial charge in [-0.05, 0) is 12.8 Å². The summed E-state index contributed by atoms with van der Waals surface area (Å²) >= 11 is 0. The third kappa shape index (κ3) is 8.53. The molecule has 0 amide bonds. The number of allylic oxidation sites excluding steroid dienone is 2. The van der Waals surface area contributed by atoms with Crippen LogP contribution in [0.3, 0.4) is 0 Å². The Bertz CT molecular complexity index is 662. The van der Waals surface area contributed by atoms with Gasteiger partial charge in [-0.3, -0.25) is 0 Å². The van der Waals surface area contributed by atoms with Crippen LogP contribution in [0.25, 0.3) is 12.2 Å². The van der Waals surface area contributed by atoms with Gasteiger partial charge in [-0.25, -0.2) is 0 Å². The maximum Gasteiger partial charge on any atom is 4.00 e. The molecule has 0 aliphatic heterocycles. The van der Waals surface area contributed by atoms with Gasteiger partial charge in [0.25, 0.3) is 0 Å². The molecule has 135 valence electrons. The fraction of sp³-hybridized carbons (Fsp3) is 0.273. The molecule has 2 aliphatic carbocycles. The van der Waals surface area contributed by atoms with Gasteiger partial charge in [0.2, 0.25) is 0 Å². The summed E-state index contributed by atoms with van der Waals surface area (Å²) in [6.45, 7) is 8.74. The predicted octanol–water partition coefficient (Wildman–Crippen LogP) is -0.583. The predicted molar refractivity (Wildman–Crippen MR) is 104 cm³/mol. The van der Waals surface area contributed by atoms with E-state index in [-0.39, 0.29) is 51.0 Å². The second kappa shape index (κ2) is 14.6. The van der Waals surface area contributed by atoms with Crippen molar-refractivity contribution in [2.45, 2.75) is 39.8 Å². The number of halogens is 2. The second-order valence-electron chi connectivity index (χ2n) is 6.13. The van der Waals surface area contributed by atoms with Crippen molar-refractivity contribution in [3.05, 3.63) is 81.9 Å². The zero-order valence-corrected chi connectivity index (χ0v) is 21.0. The fourth-order valence-electron chi connectivity index (χ4n) is 2.74. The average Bonchev–Trinajstić information content (AvgIpc) is 3.08. The Hall–Kier alpha value is -0.400. The Kier molecular flexibility index (Phi) is 15.7. The maximum absolute atomic E-state index is 3.20. The van der Waals surface area contributed by atoms with Gasteiger partial charge in [-0.1, -0.05) is 26.9 Å². The Morgan fingerprint density at radius 2 is 1.12 bits per heavy atom. The zero-order chi connectivity index (χ0) is 16.7. The Balaban J connectivity index is 0. The van der Waals surface area contributed by atoms with Crippen molar-refractivity contribution in [3.8, 4) is 0 Å². The van der Waals surface area contributed by atoms with Gasteiger partial charge in [0.1, 0.15) is 0 Å². The van der Waals surface area contributed by atoms with E-state index in [4.69, 9.17) is 0 Å². The van der Waals surface area contributed by atoms with E-state index >= 15 is 0 Å². The van der Waals surface area contributed by atoms with Crippen molar-refractivity contribution < 1.29 is 51.0 Å². The Morgan fingerprint density at radius 3 is 1.42 bits per heavy atom. The molecule has 0 nitrogen and oxygen atoms in total. The molecule has 0 saturated carbocycles. The molecule has 0 saturated heterocycles. The fourth-order valence-corrected chi connectivity index (χ4v) is 2.74. The monoisotopic (exact) mass is 477 g/mol. The van der Waals surface area contributed by atoms with E-state index in [0.29, 0.717) is 0 Å². The Morgan fingerprint density at radius 1 is 0.769 bits per heavy atom. The minimum atomic E-state index is 0. The molecule has 1 radical (unpaired) electrons. The van der Waals surface area contributed by atoms with Crippen molar-refractivity contribution in [2.24, 2.45) is 0 Å². The molecule has 0 heterocycles. The molecule has 0 spiro atoms.